The van der Waals surface area contributed by atoms with Crippen molar-refractivity contribution in [2.24, 2.45) is 27.9 Å². The Hall–Kier alpha value is -10.5. The molecule has 9 amide bonds. The number of aromatic carboxylic acids is 1. The first-order valence-corrected chi connectivity index (χ1v) is 35.2. The highest BCUT2D eigenvalue weighted by Gasteiger charge is 2.66. The van der Waals surface area contributed by atoms with Crippen LogP contribution < -0.4 is 32.3 Å². The maximum Gasteiger partial charge on any atom is 0.410 e. The minimum Gasteiger partial charge on any atom is -0.481 e. The van der Waals surface area contributed by atoms with Gasteiger partial charge >= 0.3 is 24.1 Å². The Bertz CT molecular complexity index is 4370. The van der Waals surface area contributed by atoms with Gasteiger partial charge in [-0.15, -0.1) is 0 Å². The van der Waals surface area contributed by atoms with Gasteiger partial charge in [-0.2, -0.15) is 5.10 Å². The first-order chi connectivity index (χ1) is 48.7. The van der Waals surface area contributed by atoms with Gasteiger partial charge in [-0.3, -0.25) is 53.4 Å². The predicted octanol–water partition coefficient (Wildman–Crippen LogP) is 9.78. The number of nitrogens with zero attached hydrogens (tertiary/aromatic N) is 7. The first kappa shape index (κ1) is 72.8. The Balaban J connectivity index is 0.700. The third kappa shape index (κ3) is 17.3. The van der Waals surface area contributed by atoms with Crippen molar-refractivity contribution in [2.75, 3.05) is 43.4 Å². The number of hydrogen-bond acceptors (Lipinski definition) is 17. The number of carboxylic acids is 2. The number of nitrogens with one attached hydrogen (secondary N) is 5. The molecule has 3 aromatic carbocycles. The molecule has 1 aliphatic heterocycles. The Kier molecular flexibility index (Phi) is 22.0. The van der Waals surface area contributed by atoms with E-state index in [0.717, 1.165) is 52.9 Å². The molecule has 7 aromatic rings. The second-order valence-corrected chi connectivity index (χ2v) is 29.6. The van der Waals surface area contributed by atoms with Crippen LogP contribution in [0.2, 0.25) is 0 Å². The molecule has 4 bridgehead atoms. The topological polar surface area (TPSA) is 379 Å². The van der Waals surface area contributed by atoms with E-state index in [2.05, 4.69) is 50.4 Å². The lowest BCUT2D eigenvalue weighted by Crippen LogP contribution is -2.64. The molecule has 28 heteroatoms. The number of primary amides is 1. The summed E-state index contributed by atoms with van der Waals surface area (Å²) in [5.74, 6) is -5.38. The average molecular weight is 1410 g/mol. The summed E-state index contributed by atoms with van der Waals surface area (Å²) in [5.41, 5.74) is 9.35. The minimum atomic E-state index is -1.23. The molecule has 12 rings (SSSR count). The molecule has 4 saturated carbocycles. The van der Waals surface area contributed by atoms with Gasteiger partial charge in [0.15, 0.2) is 10.8 Å². The molecule has 4 atom stereocenters. The standard InChI is InChI=1S/C74H85N13O14S/c1-44(2)62(83-58(88)18-7-6-10-29-86-59(89)25-26-60(86)90)66(95)81-56(16-12-28-76-68(75)98)65(94)79-48-21-19-46(20-22-48)36-100-70(99)85(30-27-61(91)92)31-32-101-74-40-71(4)37-72(5,41-74)39-73(38-71,42-74)43-87-45(3)52(35-78-87)49-23-24-53(80-63(49)67(96)97)47-33-51-50(13-11-15-54(51)77-34-47)64(93)84-69-82-55-14-8-9-17-57(55)102-69/h8-9,11,13-15,17,19-26,33-35,44,56,62H,6-7,10,12,16,18,27-32,36-43H2,1-5H3,(H,79,94)(H,81,95)(H,83,88)(H,91,92)(H,96,97)(H3,75,76,98)(H,82,84,93)/t56-,62-,71?,72?,73?,74?/m0/s1. The monoisotopic (exact) mass is 1410 g/mol. The molecule has 4 aromatic heterocycles. The highest BCUT2D eigenvalue weighted by Crippen LogP contribution is 2.72. The summed E-state index contributed by atoms with van der Waals surface area (Å²) in [4.78, 5) is 145. The number of aromatic nitrogens is 5. The maximum absolute atomic E-state index is 13.9. The number of urea groups is 1. The summed E-state index contributed by atoms with van der Waals surface area (Å²) < 4.78 is 15.7. The molecule has 0 saturated heterocycles. The van der Waals surface area contributed by atoms with Crippen LogP contribution >= 0.6 is 11.3 Å². The van der Waals surface area contributed by atoms with Crippen LogP contribution in [0.25, 0.3) is 43.5 Å². The first-order valence-electron chi connectivity index (χ1n) is 34.3. The Morgan fingerprint density at radius 2 is 1.49 bits per heavy atom. The summed E-state index contributed by atoms with van der Waals surface area (Å²) in [6, 6.07) is 21.7. The van der Waals surface area contributed by atoms with E-state index in [4.69, 9.17) is 25.3 Å². The number of para-hydroxylation sites is 1. The molecule has 5 aliphatic rings. The number of fused-ring (bicyclic) bond motifs is 2. The number of ether oxygens (including phenoxy) is 2. The van der Waals surface area contributed by atoms with Gasteiger partial charge in [0.05, 0.1) is 46.3 Å². The van der Waals surface area contributed by atoms with E-state index < -0.39 is 53.6 Å². The van der Waals surface area contributed by atoms with Crippen molar-refractivity contribution < 1.29 is 67.6 Å². The Morgan fingerprint density at radius 1 is 0.755 bits per heavy atom. The molecule has 4 aliphatic carbocycles. The fraction of sp³-hybridized carbons (Fsp3) is 0.432. The molecule has 9 N–H and O–H groups in total. The van der Waals surface area contributed by atoms with Gasteiger partial charge in [0.25, 0.3) is 17.7 Å². The Morgan fingerprint density at radius 3 is 2.20 bits per heavy atom. The summed E-state index contributed by atoms with van der Waals surface area (Å²) in [5, 5.41) is 40.1. The van der Waals surface area contributed by atoms with Crippen molar-refractivity contribution in [1.29, 1.82) is 0 Å². The molecule has 0 radical (unpaired) electrons. The molecule has 536 valence electrons. The fourth-order valence-corrected chi connectivity index (χ4v) is 17.0. The van der Waals surface area contributed by atoms with E-state index in [-0.39, 0.29) is 117 Å². The molecular weight excluding hydrogens is 1330 g/mol. The average Bonchev–Trinajstić information content (AvgIpc) is 0.790. The van der Waals surface area contributed by atoms with Gasteiger partial charge in [0.2, 0.25) is 17.7 Å². The summed E-state index contributed by atoms with van der Waals surface area (Å²) in [6.45, 7) is 10.8. The van der Waals surface area contributed by atoms with Gasteiger partial charge in [0, 0.05) is 96.5 Å². The normalized spacial score (nSPS) is 20.2. The van der Waals surface area contributed by atoms with Crippen LogP contribution in [-0.2, 0) is 51.4 Å². The predicted molar refractivity (Wildman–Crippen MR) is 379 cm³/mol. The third-order valence-electron chi connectivity index (χ3n) is 19.7. The van der Waals surface area contributed by atoms with Gasteiger partial charge < -0.3 is 51.6 Å². The fourth-order valence-electron chi connectivity index (χ4n) is 16.2. The molecule has 102 heavy (non-hydrogen) atoms. The number of carbonyl (C=O) groups is 10. The molecule has 4 fully saturated rings. The zero-order valence-corrected chi connectivity index (χ0v) is 58.5. The number of benzene rings is 3. The van der Waals surface area contributed by atoms with Crippen molar-refractivity contribution in [2.45, 2.75) is 149 Å². The van der Waals surface area contributed by atoms with Crippen LogP contribution in [0.15, 0.2) is 109 Å². The van der Waals surface area contributed by atoms with Crippen molar-refractivity contribution in [3.63, 3.8) is 0 Å². The number of anilines is 2. The second-order valence-electron chi connectivity index (χ2n) is 28.6. The number of carbonyl (C=O) groups excluding carboxylic acids is 8. The van der Waals surface area contributed by atoms with Crippen molar-refractivity contribution in [1.82, 2.24) is 50.5 Å². The summed E-state index contributed by atoms with van der Waals surface area (Å²) in [7, 11) is 0. The van der Waals surface area contributed by atoms with Crippen LogP contribution in [0.5, 0.6) is 0 Å². The van der Waals surface area contributed by atoms with Gasteiger partial charge in [-0.1, -0.05) is 75.8 Å². The van der Waals surface area contributed by atoms with Crippen molar-refractivity contribution >= 4 is 103 Å². The number of amides is 9. The van der Waals surface area contributed by atoms with E-state index in [1.807, 2.05) is 35.9 Å². The van der Waals surface area contributed by atoms with Crippen LogP contribution in [-0.4, -0.2) is 155 Å². The van der Waals surface area contributed by atoms with Gasteiger partial charge in [-0.25, -0.2) is 24.4 Å². The number of nitrogens with two attached hydrogens (primary N) is 1. The number of rotatable bonds is 32. The lowest BCUT2D eigenvalue weighted by atomic mass is 9.39. The van der Waals surface area contributed by atoms with Crippen LogP contribution in [0, 0.1) is 29.1 Å². The van der Waals surface area contributed by atoms with Crippen molar-refractivity contribution in [3.05, 3.63) is 132 Å². The number of carboxylic acid groups (broad SMARTS) is 2. The van der Waals surface area contributed by atoms with Crippen LogP contribution in [0.3, 0.4) is 0 Å². The number of hydrogen-bond donors (Lipinski definition) is 8. The van der Waals surface area contributed by atoms with E-state index in [1.165, 1.54) is 28.4 Å². The zero-order chi connectivity index (χ0) is 72.7. The molecular formula is C74H85N13O14S. The van der Waals surface area contributed by atoms with E-state index in [1.54, 1.807) is 86.9 Å². The largest absolute Gasteiger partial charge is 0.481 e. The smallest absolute Gasteiger partial charge is 0.410 e. The van der Waals surface area contributed by atoms with Gasteiger partial charge in [0.1, 0.15) is 18.7 Å². The quantitative estimate of drug-likeness (QED) is 0.0144. The van der Waals surface area contributed by atoms with E-state index in [0.29, 0.717) is 87.5 Å². The molecule has 0 spiro atoms. The Labute approximate surface area is 592 Å². The minimum absolute atomic E-state index is 0.0503. The summed E-state index contributed by atoms with van der Waals surface area (Å²) >= 11 is 1.37. The highest BCUT2D eigenvalue weighted by atomic mass is 32.1. The molecule has 2 unspecified atom stereocenters. The third-order valence-corrected chi connectivity index (χ3v) is 20.6. The van der Waals surface area contributed by atoms with E-state index >= 15 is 0 Å². The summed E-state index contributed by atoms with van der Waals surface area (Å²) in [6.07, 6.45) is 11.7. The highest BCUT2D eigenvalue weighted by molar-refractivity contribution is 7.22. The van der Waals surface area contributed by atoms with Crippen LogP contribution in [0.4, 0.5) is 20.4 Å². The number of imide groups is 1. The number of unbranched alkanes of at least 4 members (excludes halogenated alkanes) is 2. The zero-order valence-electron chi connectivity index (χ0n) is 57.7. The molecule has 27 nitrogen and oxygen atoms in total. The van der Waals surface area contributed by atoms with E-state index in [9.17, 15) is 58.2 Å². The molecule has 5 heterocycles. The second kappa shape index (κ2) is 30.8. The lowest BCUT2D eigenvalue weighted by Gasteiger charge is -2.69. The SMILES string of the molecule is Cc1c(-c2ccc(-c3cnc4cccc(C(=O)Nc5nc6ccccc6s5)c4c3)nc2C(=O)O)cnn1CC12CC3(C)CC(C)(C1)CC(OCCN(CCC(=O)O)C(=O)OCc1ccc(NC(=O)[C@H](CCCNC(N)=O)NC(=O)[C@@H](NC(=O)CCCCCN4C(=O)C=CC4=O)C(C)C)cc1)(C3)C2. The van der Waals surface area contributed by atoms with Gasteiger partial charge in [-0.05, 0) is 153 Å². The maximum atomic E-state index is 13.9. The van der Waals surface area contributed by atoms with Crippen LogP contribution in [0.1, 0.15) is 143 Å². The number of pyridine rings is 2. The number of thiazole rings is 1. The lowest BCUT2D eigenvalue weighted by molar-refractivity contribution is -0.248. The van der Waals surface area contributed by atoms with Crippen molar-refractivity contribution in [3.8, 4) is 22.4 Å². The number of aliphatic carboxylic acids is 1.